The molecule has 0 amide bonds. The first-order chi connectivity index (χ1) is 8.40. The highest BCUT2D eigenvalue weighted by Gasteiger charge is 2.11. The predicted molar refractivity (Wildman–Crippen MR) is 69.1 cm³/mol. The third-order valence-corrected chi connectivity index (χ3v) is 3.27. The summed E-state index contributed by atoms with van der Waals surface area (Å²) in [6.45, 7) is 7.51. The molecule has 0 atom stereocenters. The summed E-state index contributed by atoms with van der Waals surface area (Å²) in [4.78, 5) is 2.51. The van der Waals surface area contributed by atoms with Gasteiger partial charge in [0.1, 0.15) is 0 Å². The Morgan fingerprint density at radius 3 is 2.94 bits per heavy atom. The lowest BCUT2D eigenvalue weighted by Gasteiger charge is -2.27. The summed E-state index contributed by atoms with van der Waals surface area (Å²) >= 11 is 0. The fourth-order valence-electron chi connectivity index (χ4n) is 2.29. The Balaban J connectivity index is 1.84. The number of hydrogen-bond donors (Lipinski definition) is 1. The van der Waals surface area contributed by atoms with Crippen LogP contribution in [0.4, 0.5) is 0 Å². The van der Waals surface area contributed by atoms with E-state index in [2.05, 4.69) is 33.1 Å². The van der Waals surface area contributed by atoms with Crippen LogP contribution in [0.25, 0.3) is 0 Å². The van der Waals surface area contributed by atoms with Crippen molar-refractivity contribution in [2.75, 3.05) is 39.9 Å². The van der Waals surface area contributed by atoms with Gasteiger partial charge in [-0.05, 0) is 18.6 Å². The Morgan fingerprint density at radius 2 is 2.18 bits per heavy atom. The molecule has 1 saturated heterocycles. The van der Waals surface area contributed by atoms with Gasteiger partial charge in [0, 0.05) is 64.9 Å². The fraction of sp³-hybridized carbons (Fsp3) is 0.692. The van der Waals surface area contributed by atoms with Crippen LogP contribution in [0, 0.1) is 0 Å². The second-order valence-electron chi connectivity index (χ2n) is 4.57. The molecule has 0 radical (unpaired) electrons. The van der Waals surface area contributed by atoms with Crippen molar-refractivity contribution in [1.82, 2.24) is 14.8 Å². The van der Waals surface area contributed by atoms with Crippen LogP contribution in [-0.2, 0) is 17.8 Å². The Kier molecular flexibility index (Phi) is 5.04. The molecule has 17 heavy (non-hydrogen) atoms. The molecule has 96 valence electrons. The van der Waals surface area contributed by atoms with E-state index >= 15 is 0 Å². The van der Waals surface area contributed by atoms with Gasteiger partial charge < -0.3 is 14.6 Å². The van der Waals surface area contributed by atoms with E-state index < -0.39 is 0 Å². The minimum absolute atomic E-state index is 0.839. The van der Waals surface area contributed by atoms with Crippen molar-refractivity contribution in [3.63, 3.8) is 0 Å². The lowest BCUT2D eigenvalue weighted by molar-refractivity contribution is 0.188. The molecule has 0 bridgehead atoms. The molecule has 1 fully saturated rings. The molecule has 2 heterocycles. The second-order valence-corrected chi connectivity index (χ2v) is 4.57. The summed E-state index contributed by atoms with van der Waals surface area (Å²) in [5.74, 6) is 0. The zero-order valence-corrected chi connectivity index (χ0v) is 10.7. The maximum Gasteiger partial charge on any atom is 0.0479 e. The van der Waals surface area contributed by atoms with Crippen LogP contribution in [0.1, 0.15) is 12.1 Å². The number of aromatic nitrogens is 1. The van der Waals surface area contributed by atoms with E-state index in [-0.39, 0.29) is 0 Å². The van der Waals surface area contributed by atoms with Crippen LogP contribution in [-0.4, -0.2) is 49.4 Å². The lowest BCUT2D eigenvalue weighted by atomic mass is 10.3. The van der Waals surface area contributed by atoms with Gasteiger partial charge in [-0.1, -0.05) is 0 Å². The summed E-state index contributed by atoms with van der Waals surface area (Å²) in [6.07, 6.45) is 3.26. The highest BCUT2D eigenvalue weighted by Crippen LogP contribution is 2.08. The highest BCUT2D eigenvalue weighted by molar-refractivity contribution is 5.07. The van der Waals surface area contributed by atoms with Crippen LogP contribution in [0.3, 0.4) is 0 Å². The molecule has 1 aliphatic heterocycles. The summed E-state index contributed by atoms with van der Waals surface area (Å²) < 4.78 is 7.45. The number of ether oxygens (including phenoxy) is 1. The molecule has 0 unspecified atom stereocenters. The van der Waals surface area contributed by atoms with Crippen molar-refractivity contribution in [1.29, 1.82) is 0 Å². The highest BCUT2D eigenvalue weighted by atomic mass is 16.5. The van der Waals surface area contributed by atoms with Gasteiger partial charge >= 0.3 is 0 Å². The fourth-order valence-corrected chi connectivity index (χ4v) is 2.29. The average molecular weight is 237 g/mol. The topological polar surface area (TPSA) is 29.4 Å². The van der Waals surface area contributed by atoms with Gasteiger partial charge in [0.25, 0.3) is 0 Å². The molecule has 4 heteroatoms. The quantitative estimate of drug-likeness (QED) is 0.746. The summed E-state index contributed by atoms with van der Waals surface area (Å²) in [5, 5.41) is 3.39. The van der Waals surface area contributed by atoms with E-state index in [9.17, 15) is 0 Å². The van der Waals surface area contributed by atoms with E-state index in [0.717, 1.165) is 52.3 Å². The van der Waals surface area contributed by atoms with Gasteiger partial charge in [0.2, 0.25) is 0 Å². The van der Waals surface area contributed by atoms with Crippen LogP contribution < -0.4 is 5.32 Å². The summed E-state index contributed by atoms with van der Waals surface area (Å²) in [7, 11) is 1.76. The van der Waals surface area contributed by atoms with Crippen molar-refractivity contribution in [2.45, 2.75) is 19.5 Å². The van der Waals surface area contributed by atoms with Gasteiger partial charge in [-0.2, -0.15) is 0 Å². The first-order valence-electron chi connectivity index (χ1n) is 6.46. The number of rotatable bonds is 6. The van der Waals surface area contributed by atoms with Crippen LogP contribution >= 0.6 is 0 Å². The zero-order chi connectivity index (χ0) is 11.9. The first-order valence-corrected chi connectivity index (χ1v) is 6.46. The lowest BCUT2D eigenvalue weighted by Crippen LogP contribution is -2.43. The molecule has 4 nitrogen and oxygen atoms in total. The Labute approximate surface area is 104 Å². The number of nitrogens with one attached hydrogen (secondary N) is 1. The average Bonchev–Trinajstić information content (AvgIpc) is 2.79. The van der Waals surface area contributed by atoms with Crippen LogP contribution in [0.15, 0.2) is 18.3 Å². The maximum atomic E-state index is 5.10. The minimum atomic E-state index is 0.839. The third kappa shape index (κ3) is 3.84. The molecule has 0 spiro atoms. The predicted octanol–water partition coefficient (Wildman–Crippen LogP) is 0.930. The van der Waals surface area contributed by atoms with Crippen molar-refractivity contribution in [3.8, 4) is 0 Å². The second kappa shape index (κ2) is 6.79. The molecule has 1 aliphatic rings. The van der Waals surface area contributed by atoms with Gasteiger partial charge in [-0.15, -0.1) is 0 Å². The number of nitrogens with zero attached hydrogens (tertiary/aromatic N) is 2. The molecule has 1 aromatic rings. The normalized spacial score (nSPS) is 17.5. The third-order valence-electron chi connectivity index (χ3n) is 3.27. The molecule has 0 aromatic carbocycles. The van der Waals surface area contributed by atoms with Crippen molar-refractivity contribution >= 4 is 0 Å². The molecule has 0 aliphatic carbocycles. The maximum absolute atomic E-state index is 5.10. The van der Waals surface area contributed by atoms with Crippen LogP contribution in [0.2, 0.25) is 0 Å². The van der Waals surface area contributed by atoms with Gasteiger partial charge in [-0.25, -0.2) is 0 Å². The number of hydrogen-bond acceptors (Lipinski definition) is 3. The van der Waals surface area contributed by atoms with Gasteiger partial charge in [0.15, 0.2) is 0 Å². The van der Waals surface area contributed by atoms with E-state index in [4.69, 9.17) is 4.74 Å². The Morgan fingerprint density at radius 1 is 1.35 bits per heavy atom. The molecule has 0 saturated carbocycles. The molecular formula is C13H23N3O. The molecule has 1 aromatic heterocycles. The van der Waals surface area contributed by atoms with E-state index in [1.807, 2.05) is 0 Å². The van der Waals surface area contributed by atoms with E-state index in [0.29, 0.717) is 0 Å². The van der Waals surface area contributed by atoms with Crippen molar-refractivity contribution in [2.24, 2.45) is 0 Å². The number of piperazine rings is 1. The van der Waals surface area contributed by atoms with Crippen molar-refractivity contribution < 1.29 is 4.74 Å². The van der Waals surface area contributed by atoms with Gasteiger partial charge in [-0.3, -0.25) is 4.90 Å². The Bertz CT molecular complexity index is 318. The van der Waals surface area contributed by atoms with Crippen molar-refractivity contribution in [3.05, 3.63) is 24.0 Å². The molecular weight excluding hydrogens is 214 g/mol. The zero-order valence-electron chi connectivity index (χ0n) is 10.7. The monoisotopic (exact) mass is 237 g/mol. The smallest absolute Gasteiger partial charge is 0.0479 e. The van der Waals surface area contributed by atoms with Crippen LogP contribution in [0.5, 0.6) is 0 Å². The summed E-state index contributed by atoms with van der Waals surface area (Å²) in [5.41, 5.74) is 1.42. The van der Waals surface area contributed by atoms with E-state index in [1.165, 1.54) is 5.69 Å². The number of aryl methyl sites for hydroxylation is 1. The van der Waals surface area contributed by atoms with E-state index in [1.54, 1.807) is 7.11 Å². The molecule has 2 rings (SSSR count). The Hall–Kier alpha value is -0.840. The first kappa shape index (κ1) is 12.6. The summed E-state index contributed by atoms with van der Waals surface area (Å²) in [6, 6.07) is 4.37. The van der Waals surface area contributed by atoms with Gasteiger partial charge in [0.05, 0.1) is 0 Å². The minimum Gasteiger partial charge on any atom is -0.385 e. The number of methoxy groups -OCH3 is 1. The molecule has 1 N–H and O–H groups in total. The largest absolute Gasteiger partial charge is 0.385 e. The SMILES string of the molecule is COCCCn1cccc1CN1CCNCC1. The standard InChI is InChI=1S/C13H23N3O/c1-17-11-3-8-16-7-2-4-13(16)12-15-9-5-14-6-10-15/h2,4,7,14H,3,5-6,8-12H2,1H3.